The highest BCUT2D eigenvalue weighted by Crippen LogP contribution is 2.32. The van der Waals surface area contributed by atoms with E-state index in [9.17, 15) is 20.0 Å². The summed E-state index contributed by atoms with van der Waals surface area (Å²) in [6.45, 7) is 2.20. The van der Waals surface area contributed by atoms with Crippen molar-refractivity contribution in [3.8, 4) is 11.5 Å². The lowest BCUT2D eigenvalue weighted by molar-refractivity contribution is -0.385. The molecule has 0 heterocycles. The fourth-order valence-corrected chi connectivity index (χ4v) is 2.79. The number of nitrogens with one attached hydrogen (secondary N) is 1. The van der Waals surface area contributed by atoms with Crippen LogP contribution in [-0.2, 0) is 11.2 Å². The number of ether oxygens (including phenoxy) is 1. The van der Waals surface area contributed by atoms with Crippen LogP contribution in [0.4, 0.5) is 5.69 Å². The van der Waals surface area contributed by atoms with Crippen molar-refractivity contribution in [3.63, 3.8) is 0 Å². The van der Waals surface area contributed by atoms with E-state index in [-0.39, 0.29) is 17.9 Å². The van der Waals surface area contributed by atoms with Gasteiger partial charge in [0.25, 0.3) is 5.69 Å². The number of hydrogen-bond donors (Lipinski definition) is 2. The third kappa shape index (κ3) is 5.15. The Labute approximate surface area is 163 Å². The highest BCUT2D eigenvalue weighted by Gasteiger charge is 2.15. The molecule has 26 heavy (non-hydrogen) atoms. The quantitative estimate of drug-likeness (QED) is 0.280. The molecule has 8 nitrogen and oxygen atoms in total. The van der Waals surface area contributed by atoms with E-state index in [4.69, 9.17) is 4.74 Å². The van der Waals surface area contributed by atoms with E-state index >= 15 is 0 Å². The standard InChI is InChI=1S/C17H16IN3O5/c1-2-26-15-8-11(7-13(18)17(15)23)10-19-20-16(22)9-12-5-3-4-6-14(12)21(24)25/h3-8,10,23H,2,9H2,1H3,(H,20,22)/b19-10+. The van der Waals surface area contributed by atoms with Gasteiger partial charge in [-0.05, 0) is 47.2 Å². The Hall–Kier alpha value is -2.69. The monoisotopic (exact) mass is 469 g/mol. The van der Waals surface area contributed by atoms with Gasteiger partial charge in [-0.2, -0.15) is 5.10 Å². The van der Waals surface area contributed by atoms with Gasteiger partial charge in [-0.15, -0.1) is 0 Å². The maximum atomic E-state index is 12.0. The number of amides is 1. The smallest absolute Gasteiger partial charge is 0.273 e. The average molecular weight is 469 g/mol. The van der Waals surface area contributed by atoms with Gasteiger partial charge in [-0.25, -0.2) is 5.43 Å². The Kier molecular flexibility index (Phi) is 6.89. The molecule has 2 aromatic rings. The number of hydrogen-bond acceptors (Lipinski definition) is 6. The number of carbonyl (C=O) groups is 1. The maximum Gasteiger partial charge on any atom is 0.273 e. The lowest BCUT2D eigenvalue weighted by atomic mass is 10.1. The first-order valence-corrected chi connectivity index (χ1v) is 8.69. The van der Waals surface area contributed by atoms with Crippen molar-refractivity contribution in [1.29, 1.82) is 0 Å². The number of phenolic OH excluding ortho intramolecular Hbond substituents is 1. The normalized spacial score (nSPS) is 10.7. The molecule has 1 amide bonds. The number of aromatic hydroxyl groups is 1. The molecule has 0 aliphatic heterocycles. The average Bonchev–Trinajstić information content (AvgIpc) is 2.59. The van der Waals surface area contributed by atoms with Gasteiger partial charge >= 0.3 is 0 Å². The number of halogens is 1. The molecular formula is C17H16IN3O5. The summed E-state index contributed by atoms with van der Waals surface area (Å²) in [6.07, 6.45) is 1.24. The van der Waals surface area contributed by atoms with Crippen LogP contribution in [-0.4, -0.2) is 28.8 Å². The topological polar surface area (TPSA) is 114 Å². The van der Waals surface area contributed by atoms with Crippen LogP contribution in [0.5, 0.6) is 11.5 Å². The Balaban J connectivity index is 2.05. The van der Waals surface area contributed by atoms with Crippen LogP contribution in [0.2, 0.25) is 0 Å². The highest BCUT2D eigenvalue weighted by atomic mass is 127. The molecule has 2 aromatic carbocycles. The van der Waals surface area contributed by atoms with Gasteiger partial charge in [-0.1, -0.05) is 18.2 Å². The van der Waals surface area contributed by atoms with Crippen LogP contribution >= 0.6 is 22.6 Å². The van der Waals surface area contributed by atoms with E-state index in [1.54, 1.807) is 31.2 Å². The summed E-state index contributed by atoms with van der Waals surface area (Å²) in [6, 6.07) is 9.32. The first kappa shape index (κ1) is 19.6. The van der Waals surface area contributed by atoms with Crippen molar-refractivity contribution < 1.29 is 19.6 Å². The lowest BCUT2D eigenvalue weighted by Gasteiger charge is -2.08. The fourth-order valence-electron chi connectivity index (χ4n) is 2.16. The van der Waals surface area contributed by atoms with Crippen molar-refractivity contribution >= 4 is 40.4 Å². The van der Waals surface area contributed by atoms with E-state index in [1.165, 1.54) is 18.3 Å². The zero-order valence-electron chi connectivity index (χ0n) is 13.8. The van der Waals surface area contributed by atoms with Crippen molar-refractivity contribution in [2.24, 2.45) is 5.10 Å². The molecule has 2 rings (SSSR count). The minimum Gasteiger partial charge on any atom is -0.504 e. The minimum atomic E-state index is -0.528. The molecule has 0 saturated heterocycles. The first-order valence-electron chi connectivity index (χ1n) is 7.62. The summed E-state index contributed by atoms with van der Waals surface area (Å²) in [7, 11) is 0. The largest absolute Gasteiger partial charge is 0.504 e. The summed E-state index contributed by atoms with van der Waals surface area (Å²) in [4.78, 5) is 22.4. The summed E-state index contributed by atoms with van der Waals surface area (Å²) >= 11 is 1.96. The molecular weight excluding hydrogens is 453 g/mol. The maximum absolute atomic E-state index is 12.0. The summed E-state index contributed by atoms with van der Waals surface area (Å²) in [5.41, 5.74) is 3.16. The molecule has 0 bridgehead atoms. The van der Waals surface area contributed by atoms with Crippen LogP contribution in [0.15, 0.2) is 41.5 Å². The van der Waals surface area contributed by atoms with Gasteiger partial charge < -0.3 is 9.84 Å². The number of nitro benzene ring substituents is 1. The van der Waals surface area contributed by atoms with E-state index in [1.807, 2.05) is 22.6 Å². The number of nitrogens with zero attached hydrogens (tertiary/aromatic N) is 2. The third-order valence-electron chi connectivity index (χ3n) is 3.29. The van der Waals surface area contributed by atoms with E-state index in [0.717, 1.165) is 0 Å². The molecule has 0 radical (unpaired) electrons. The number of phenols is 1. The van der Waals surface area contributed by atoms with E-state index in [2.05, 4.69) is 10.5 Å². The van der Waals surface area contributed by atoms with Gasteiger partial charge in [0.2, 0.25) is 5.91 Å². The van der Waals surface area contributed by atoms with Crippen LogP contribution in [0, 0.1) is 13.7 Å². The Morgan fingerprint density at radius 3 is 2.85 bits per heavy atom. The number of benzene rings is 2. The number of carbonyl (C=O) groups excluding carboxylic acids is 1. The van der Waals surface area contributed by atoms with Gasteiger partial charge in [0.15, 0.2) is 11.5 Å². The molecule has 2 N–H and O–H groups in total. The second-order valence-electron chi connectivity index (χ2n) is 5.14. The number of hydrazone groups is 1. The zero-order valence-corrected chi connectivity index (χ0v) is 16.0. The van der Waals surface area contributed by atoms with Crippen molar-refractivity contribution in [1.82, 2.24) is 5.43 Å². The number of nitro groups is 1. The molecule has 0 atom stereocenters. The SMILES string of the molecule is CCOc1cc(/C=N/NC(=O)Cc2ccccc2[N+](=O)[O-])cc(I)c1O. The van der Waals surface area contributed by atoms with Gasteiger partial charge in [-0.3, -0.25) is 14.9 Å². The lowest BCUT2D eigenvalue weighted by Crippen LogP contribution is -2.20. The summed E-state index contributed by atoms with van der Waals surface area (Å²) < 4.78 is 5.92. The molecule has 0 aliphatic carbocycles. The van der Waals surface area contributed by atoms with Gasteiger partial charge in [0, 0.05) is 11.6 Å². The highest BCUT2D eigenvalue weighted by molar-refractivity contribution is 14.1. The molecule has 0 spiro atoms. The van der Waals surface area contributed by atoms with Crippen LogP contribution < -0.4 is 10.2 Å². The molecule has 0 aromatic heterocycles. The van der Waals surface area contributed by atoms with Crippen molar-refractivity contribution in [3.05, 3.63) is 61.2 Å². The second-order valence-corrected chi connectivity index (χ2v) is 6.30. The van der Waals surface area contributed by atoms with Gasteiger partial charge in [0.05, 0.1) is 27.7 Å². The summed E-state index contributed by atoms with van der Waals surface area (Å²) in [5.74, 6) is -0.105. The molecule has 136 valence electrons. The summed E-state index contributed by atoms with van der Waals surface area (Å²) in [5, 5.41) is 24.7. The predicted molar refractivity (Wildman–Crippen MR) is 105 cm³/mol. The van der Waals surface area contributed by atoms with E-state index < -0.39 is 10.8 Å². The predicted octanol–water partition coefficient (Wildman–Crippen LogP) is 3.00. The zero-order chi connectivity index (χ0) is 19.1. The second kappa shape index (κ2) is 9.13. The van der Waals surface area contributed by atoms with Gasteiger partial charge in [0.1, 0.15) is 0 Å². The Bertz CT molecular complexity index is 854. The fraction of sp³-hybridized carbons (Fsp3) is 0.176. The van der Waals surface area contributed by atoms with Crippen LogP contribution in [0.3, 0.4) is 0 Å². The number of rotatable bonds is 7. The Morgan fingerprint density at radius 1 is 1.42 bits per heavy atom. The molecule has 0 unspecified atom stereocenters. The first-order chi connectivity index (χ1) is 12.4. The Morgan fingerprint density at radius 2 is 2.15 bits per heavy atom. The molecule has 9 heteroatoms. The minimum absolute atomic E-state index is 0.0463. The molecule has 0 saturated carbocycles. The van der Waals surface area contributed by atoms with E-state index in [0.29, 0.717) is 27.1 Å². The van der Waals surface area contributed by atoms with Crippen molar-refractivity contribution in [2.75, 3.05) is 6.61 Å². The number of para-hydroxylation sites is 1. The molecule has 0 fully saturated rings. The molecule has 0 aliphatic rings. The third-order valence-corrected chi connectivity index (χ3v) is 4.12. The van der Waals surface area contributed by atoms with Crippen LogP contribution in [0.1, 0.15) is 18.1 Å². The van der Waals surface area contributed by atoms with Crippen LogP contribution in [0.25, 0.3) is 0 Å². The van der Waals surface area contributed by atoms with Crippen molar-refractivity contribution in [2.45, 2.75) is 13.3 Å².